The first-order valence-electron chi connectivity index (χ1n) is 8.81. The maximum absolute atomic E-state index is 13.1. The molecule has 172 valence electrons. The summed E-state index contributed by atoms with van der Waals surface area (Å²) in [5, 5.41) is 26.0. The Morgan fingerprint density at radius 3 is 2.25 bits per heavy atom. The lowest BCUT2D eigenvalue weighted by Gasteiger charge is -2.23. The Bertz CT molecular complexity index is 1010. The first-order valence-corrected chi connectivity index (χ1v) is 9.94. The maximum atomic E-state index is 13.1. The van der Waals surface area contributed by atoms with Gasteiger partial charge in [-0.1, -0.05) is 15.9 Å². The number of alkyl halides is 4. The fourth-order valence-electron chi connectivity index (χ4n) is 2.38. The van der Waals surface area contributed by atoms with Gasteiger partial charge in [0.2, 0.25) is 5.91 Å². The van der Waals surface area contributed by atoms with Crippen molar-refractivity contribution in [3.8, 4) is 5.75 Å². The van der Waals surface area contributed by atoms with E-state index in [1.54, 1.807) is 0 Å². The van der Waals surface area contributed by atoms with Crippen LogP contribution in [0, 0.1) is 10.1 Å². The van der Waals surface area contributed by atoms with Crippen molar-refractivity contribution in [3.63, 3.8) is 0 Å². The number of carbonyl (C=O) groups excluding carboxylic acids is 2. The molecular formula is C19H17BrF3N3O6. The summed E-state index contributed by atoms with van der Waals surface area (Å²) in [6.45, 7) is 0.536. The van der Waals surface area contributed by atoms with Crippen molar-refractivity contribution in [2.75, 3.05) is 22.6 Å². The van der Waals surface area contributed by atoms with Crippen molar-refractivity contribution in [1.82, 2.24) is 0 Å². The number of amides is 2. The van der Waals surface area contributed by atoms with Gasteiger partial charge in [0.25, 0.3) is 11.6 Å². The summed E-state index contributed by atoms with van der Waals surface area (Å²) in [5.74, 6) is -1.09. The molecule has 2 rings (SSSR count). The van der Waals surface area contributed by atoms with Gasteiger partial charge >= 0.3 is 6.18 Å². The van der Waals surface area contributed by atoms with Crippen LogP contribution in [-0.4, -0.2) is 39.4 Å². The van der Waals surface area contributed by atoms with Crippen LogP contribution in [0.15, 0.2) is 42.5 Å². The summed E-state index contributed by atoms with van der Waals surface area (Å²) in [6.07, 6.45) is -5.02. The zero-order valence-corrected chi connectivity index (χ0v) is 18.0. The average Bonchev–Trinajstić information content (AvgIpc) is 2.72. The number of nitrogens with one attached hydrogen (secondary N) is 2. The Balaban J connectivity index is 2.06. The minimum atomic E-state index is -5.02. The molecule has 0 aromatic heterocycles. The zero-order chi connectivity index (χ0) is 24.1. The molecule has 2 aromatic carbocycles. The first-order chi connectivity index (χ1) is 14.8. The van der Waals surface area contributed by atoms with E-state index in [9.17, 15) is 38.0 Å². The van der Waals surface area contributed by atoms with Gasteiger partial charge in [0.1, 0.15) is 17.9 Å². The highest BCUT2D eigenvalue weighted by Gasteiger charge is 2.39. The minimum absolute atomic E-state index is 0.114. The molecule has 13 heteroatoms. The molecule has 3 N–H and O–H groups in total. The van der Waals surface area contributed by atoms with Crippen LogP contribution < -0.4 is 15.4 Å². The molecule has 0 heterocycles. The monoisotopic (exact) mass is 519 g/mol. The smallest absolute Gasteiger partial charge is 0.423 e. The van der Waals surface area contributed by atoms with Gasteiger partial charge in [-0.05, 0) is 43.3 Å². The minimum Gasteiger partial charge on any atom is -0.490 e. The Morgan fingerprint density at radius 2 is 1.72 bits per heavy atom. The summed E-state index contributed by atoms with van der Waals surface area (Å²) in [5.41, 5.74) is -4.75. The molecule has 2 aromatic rings. The van der Waals surface area contributed by atoms with Crippen LogP contribution in [0.2, 0.25) is 0 Å². The van der Waals surface area contributed by atoms with Gasteiger partial charge in [0, 0.05) is 17.4 Å². The second-order valence-electron chi connectivity index (χ2n) is 6.71. The molecule has 0 spiro atoms. The number of nitrogens with zero attached hydrogens (tertiary/aromatic N) is 1. The lowest BCUT2D eigenvalue weighted by molar-refractivity contribution is -0.388. The second kappa shape index (κ2) is 9.96. The van der Waals surface area contributed by atoms with Gasteiger partial charge in [-0.3, -0.25) is 19.7 Å². The zero-order valence-electron chi connectivity index (χ0n) is 16.4. The van der Waals surface area contributed by atoms with E-state index in [1.807, 2.05) is 0 Å². The van der Waals surface area contributed by atoms with Gasteiger partial charge in [-0.2, -0.15) is 13.2 Å². The molecule has 0 aliphatic heterocycles. The molecule has 32 heavy (non-hydrogen) atoms. The fourth-order valence-corrected chi connectivity index (χ4v) is 2.52. The normalized spacial score (nSPS) is 13.1. The van der Waals surface area contributed by atoms with Crippen LogP contribution >= 0.6 is 15.9 Å². The summed E-state index contributed by atoms with van der Waals surface area (Å²) in [6, 6.07) is 7.95. The number of nitro benzene ring substituents is 1. The molecule has 0 aliphatic carbocycles. The number of anilines is 2. The summed E-state index contributed by atoms with van der Waals surface area (Å²) >= 11 is 3.01. The highest BCUT2D eigenvalue weighted by Crippen LogP contribution is 2.37. The molecule has 0 radical (unpaired) electrons. The Kier molecular flexibility index (Phi) is 7.80. The van der Waals surface area contributed by atoms with Crippen molar-refractivity contribution < 1.29 is 37.5 Å². The third kappa shape index (κ3) is 6.65. The van der Waals surface area contributed by atoms with Gasteiger partial charge in [0.15, 0.2) is 5.60 Å². The average molecular weight is 520 g/mol. The predicted molar refractivity (Wildman–Crippen MR) is 112 cm³/mol. The summed E-state index contributed by atoms with van der Waals surface area (Å²) in [7, 11) is 0. The van der Waals surface area contributed by atoms with Crippen LogP contribution in [0.4, 0.5) is 30.2 Å². The largest absolute Gasteiger partial charge is 0.490 e. The third-order valence-corrected chi connectivity index (χ3v) is 4.53. The lowest BCUT2D eigenvalue weighted by Crippen LogP contribution is -2.45. The molecule has 0 saturated carbocycles. The number of hydrogen-bond acceptors (Lipinski definition) is 6. The molecule has 1 atom stereocenters. The SMILES string of the molecule is CC(O)(COc1ccc(NC(=O)CBr)cc1)C(=O)Nc1ccc([N+](=O)[O-])c(C(F)(F)F)c1. The van der Waals surface area contributed by atoms with Crippen LogP contribution in [0.3, 0.4) is 0 Å². The molecule has 2 amide bonds. The van der Waals surface area contributed by atoms with Gasteiger partial charge in [-0.15, -0.1) is 0 Å². The number of rotatable bonds is 8. The number of ether oxygens (including phenoxy) is 1. The number of hydrogen-bond donors (Lipinski definition) is 3. The van der Waals surface area contributed by atoms with E-state index in [0.29, 0.717) is 17.8 Å². The topological polar surface area (TPSA) is 131 Å². The Labute approximate surface area is 187 Å². The van der Waals surface area contributed by atoms with Gasteiger partial charge in [-0.25, -0.2) is 0 Å². The summed E-state index contributed by atoms with van der Waals surface area (Å²) in [4.78, 5) is 33.3. The van der Waals surface area contributed by atoms with Gasteiger partial charge < -0.3 is 20.5 Å². The van der Waals surface area contributed by atoms with E-state index >= 15 is 0 Å². The highest BCUT2D eigenvalue weighted by atomic mass is 79.9. The number of benzene rings is 2. The Morgan fingerprint density at radius 1 is 1.12 bits per heavy atom. The summed E-state index contributed by atoms with van der Waals surface area (Å²) < 4.78 is 44.6. The van der Waals surface area contributed by atoms with Crippen LogP contribution in [-0.2, 0) is 15.8 Å². The molecule has 0 aliphatic rings. The third-order valence-electron chi connectivity index (χ3n) is 4.03. The van der Waals surface area contributed by atoms with E-state index in [4.69, 9.17) is 4.74 Å². The quantitative estimate of drug-likeness (QED) is 0.276. The number of carbonyl (C=O) groups is 2. The first kappa shape index (κ1) is 25.1. The highest BCUT2D eigenvalue weighted by molar-refractivity contribution is 9.09. The van der Waals surface area contributed by atoms with E-state index in [0.717, 1.165) is 13.0 Å². The van der Waals surface area contributed by atoms with Crippen molar-refractivity contribution in [2.24, 2.45) is 0 Å². The van der Waals surface area contributed by atoms with Crippen molar-refractivity contribution in [3.05, 3.63) is 58.1 Å². The second-order valence-corrected chi connectivity index (χ2v) is 7.27. The maximum Gasteiger partial charge on any atom is 0.423 e. The molecular weight excluding hydrogens is 503 g/mol. The van der Waals surface area contributed by atoms with E-state index in [-0.39, 0.29) is 22.7 Å². The number of aliphatic hydroxyl groups is 1. The molecule has 0 bridgehead atoms. The Hall–Kier alpha value is -3.19. The van der Waals surface area contributed by atoms with E-state index in [2.05, 4.69) is 26.6 Å². The van der Waals surface area contributed by atoms with Crippen LogP contribution in [0.25, 0.3) is 0 Å². The van der Waals surface area contributed by atoms with Gasteiger partial charge in [0.05, 0.1) is 10.3 Å². The standard InChI is InChI=1S/C19H17BrF3N3O6/c1-18(29,10-32-13-5-2-11(3-6-13)24-16(27)9-20)17(28)25-12-4-7-15(26(30)31)14(8-12)19(21,22)23/h2-8,29H,9-10H2,1H3,(H,24,27)(H,25,28). The molecule has 0 saturated heterocycles. The molecule has 9 nitrogen and oxygen atoms in total. The molecule has 1 unspecified atom stereocenters. The van der Waals surface area contributed by atoms with Crippen LogP contribution in [0.1, 0.15) is 12.5 Å². The fraction of sp³-hybridized carbons (Fsp3) is 0.263. The molecule has 0 fully saturated rings. The van der Waals surface area contributed by atoms with Crippen LogP contribution in [0.5, 0.6) is 5.75 Å². The van der Waals surface area contributed by atoms with Crippen molar-refractivity contribution in [1.29, 1.82) is 0 Å². The van der Waals surface area contributed by atoms with E-state index in [1.165, 1.54) is 24.3 Å². The number of halogens is 4. The van der Waals surface area contributed by atoms with Crippen molar-refractivity contribution in [2.45, 2.75) is 18.7 Å². The lowest BCUT2D eigenvalue weighted by atomic mass is 10.1. The predicted octanol–water partition coefficient (Wildman–Crippen LogP) is 3.72. The van der Waals surface area contributed by atoms with E-state index < -0.39 is 40.5 Å². The van der Waals surface area contributed by atoms with Crippen molar-refractivity contribution >= 4 is 44.8 Å². The number of nitro groups is 1.